The Bertz CT molecular complexity index is 1300. The van der Waals surface area contributed by atoms with Gasteiger partial charge in [-0.2, -0.15) is 0 Å². The third-order valence-electron chi connectivity index (χ3n) is 5.96. The van der Waals surface area contributed by atoms with Crippen molar-refractivity contribution >= 4 is 11.9 Å². The Morgan fingerprint density at radius 1 is 1.20 bits per heavy atom. The smallest absolute Gasteiger partial charge is 0.343 e. The molecule has 1 unspecified atom stereocenters. The summed E-state index contributed by atoms with van der Waals surface area (Å²) in [4.78, 5) is 38.7. The van der Waals surface area contributed by atoms with Crippen LogP contribution in [-0.2, 0) is 22.4 Å². The van der Waals surface area contributed by atoms with E-state index in [9.17, 15) is 19.5 Å². The number of nitrogens with one attached hydrogen (secondary N) is 1. The van der Waals surface area contributed by atoms with Crippen LogP contribution in [0.4, 0.5) is 0 Å². The molecule has 9 nitrogen and oxygen atoms in total. The molecule has 0 spiro atoms. The molecule has 4 rings (SSSR count). The summed E-state index contributed by atoms with van der Waals surface area (Å²) in [6.07, 6.45) is 2.46. The van der Waals surface area contributed by atoms with Gasteiger partial charge in [0.25, 0.3) is 5.56 Å². The number of methoxy groups -OCH3 is 1. The van der Waals surface area contributed by atoms with Crippen molar-refractivity contribution in [3.05, 3.63) is 86.8 Å². The molecule has 2 aromatic carbocycles. The summed E-state index contributed by atoms with van der Waals surface area (Å²) in [6, 6.07) is 13.0. The Labute approximate surface area is 201 Å². The van der Waals surface area contributed by atoms with E-state index in [0.29, 0.717) is 17.9 Å². The number of benzene rings is 2. The molecular formula is C26H26N2O7. The molecule has 1 amide bonds. The van der Waals surface area contributed by atoms with Crippen molar-refractivity contribution < 1.29 is 28.9 Å². The van der Waals surface area contributed by atoms with Crippen molar-refractivity contribution in [2.24, 2.45) is 5.73 Å². The van der Waals surface area contributed by atoms with E-state index < -0.39 is 29.1 Å². The van der Waals surface area contributed by atoms with Crippen molar-refractivity contribution in [1.29, 1.82) is 0 Å². The number of fused-ring (bicyclic) bond motifs is 1. The second-order valence-electron chi connectivity index (χ2n) is 8.22. The van der Waals surface area contributed by atoms with E-state index in [2.05, 4.69) is 15.8 Å². The quantitative estimate of drug-likeness (QED) is 0.401. The minimum Gasteiger partial charge on any atom is -0.506 e. The maximum atomic E-state index is 12.6. The van der Waals surface area contributed by atoms with Gasteiger partial charge in [0.05, 0.1) is 25.9 Å². The summed E-state index contributed by atoms with van der Waals surface area (Å²) >= 11 is 0. The molecule has 0 fully saturated rings. The Hall–Kier alpha value is -4.27. The number of hydrogen-bond acceptors (Lipinski definition) is 7. The fourth-order valence-corrected chi connectivity index (χ4v) is 4.19. The highest BCUT2D eigenvalue weighted by Crippen LogP contribution is 2.34. The average molecular weight is 479 g/mol. The zero-order valence-corrected chi connectivity index (χ0v) is 19.2. The molecule has 4 N–H and O–H groups in total. The van der Waals surface area contributed by atoms with E-state index in [1.165, 1.54) is 5.56 Å². The summed E-state index contributed by atoms with van der Waals surface area (Å²) in [7, 11) is 1.16. The molecule has 1 aromatic heterocycles. The van der Waals surface area contributed by atoms with Gasteiger partial charge in [-0.05, 0) is 34.9 Å². The van der Waals surface area contributed by atoms with Crippen molar-refractivity contribution in [1.82, 2.24) is 4.98 Å². The first-order valence-electron chi connectivity index (χ1n) is 11.2. The third-order valence-corrected chi connectivity index (χ3v) is 5.96. The molecule has 0 aliphatic carbocycles. The highest BCUT2D eigenvalue weighted by molar-refractivity contribution is 5.92. The number of nitrogens with two attached hydrogens (primary N) is 1. The monoisotopic (exact) mass is 478 g/mol. The highest BCUT2D eigenvalue weighted by Gasteiger charge is 2.27. The number of aromatic nitrogens is 1. The number of hydrogen-bond donors (Lipinski definition) is 3. The highest BCUT2D eigenvalue weighted by atomic mass is 16.5. The molecule has 0 bridgehead atoms. The van der Waals surface area contributed by atoms with E-state index in [1.54, 1.807) is 24.3 Å². The van der Waals surface area contributed by atoms with Crippen LogP contribution in [0.2, 0.25) is 0 Å². The van der Waals surface area contributed by atoms with E-state index in [4.69, 9.17) is 15.2 Å². The minimum atomic E-state index is -0.872. The number of amides is 1. The summed E-state index contributed by atoms with van der Waals surface area (Å²) in [5, 5.41) is 10.6. The van der Waals surface area contributed by atoms with Crippen molar-refractivity contribution in [2.75, 3.05) is 20.3 Å². The molecule has 1 aliphatic heterocycles. The Kier molecular flexibility index (Phi) is 7.05. The minimum absolute atomic E-state index is 0.138. The normalized spacial score (nSPS) is 12.9. The lowest BCUT2D eigenvalue weighted by Gasteiger charge is -2.18. The predicted molar refractivity (Wildman–Crippen MR) is 127 cm³/mol. The molecule has 1 aliphatic rings. The van der Waals surface area contributed by atoms with Gasteiger partial charge in [0, 0.05) is 31.4 Å². The van der Waals surface area contributed by atoms with Gasteiger partial charge in [-0.3, -0.25) is 9.59 Å². The topological polar surface area (TPSA) is 141 Å². The molecule has 182 valence electrons. The fraction of sp³-hybridized carbons (Fsp3) is 0.269. The van der Waals surface area contributed by atoms with Crippen molar-refractivity contribution in [3.63, 3.8) is 0 Å². The molecule has 35 heavy (non-hydrogen) atoms. The van der Waals surface area contributed by atoms with Crippen LogP contribution in [0.1, 0.15) is 45.0 Å². The number of rotatable bonds is 9. The zero-order valence-electron chi connectivity index (χ0n) is 19.2. The summed E-state index contributed by atoms with van der Waals surface area (Å²) in [5.74, 6) is -1.36. The zero-order chi connectivity index (χ0) is 24.9. The molecular weight excluding hydrogens is 452 g/mol. The van der Waals surface area contributed by atoms with Gasteiger partial charge in [-0.1, -0.05) is 24.3 Å². The van der Waals surface area contributed by atoms with Crippen LogP contribution in [0.5, 0.6) is 17.2 Å². The van der Waals surface area contributed by atoms with Gasteiger partial charge >= 0.3 is 5.97 Å². The lowest BCUT2D eigenvalue weighted by atomic mass is 9.87. The lowest BCUT2D eigenvalue weighted by Crippen LogP contribution is -2.23. The Morgan fingerprint density at radius 2 is 1.97 bits per heavy atom. The van der Waals surface area contributed by atoms with Crippen molar-refractivity contribution in [2.45, 2.75) is 25.2 Å². The standard InChI is InChI=1S/C26H26N2O7/c1-33-26(32)20-14-28-25(31)23(24(20)30)19(13-22(27)29)16-3-5-18(6-4-16)34-10-8-15-2-7-21-17(12-15)9-11-35-21/h2-7,12,14,19H,8-11,13H2,1H3,(H2,27,29)(H2,28,30,31). The second kappa shape index (κ2) is 10.3. The van der Waals surface area contributed by atoms with E-state index >= 15 is 0 Å². The Balaban J connectivity index is 1.51. The average Bonchev–Trinajstić information content (AvgIpc) is 3.31. The van der Waals surface area contributed by atoms with Crippen LogP contribution in [0.15, 0.2) is 53.5 Å². The van der Waals surface area contributed by atoms with Gasteiger partial charge in [0.2, 0.25) is 5.91 Å². The van der Waals surface area contributed by atoms with Crippen LogP contribution in [-0.4, -0.2) is 42.3 Å². The maximum Gasteiger partial charge on any atom is 0.343 e. The number of carbonyl (C=O) groups is 2. The van der Waals surface area contributed by atoms with Crippen LogP contribution in [0.3, 0.4) is 0 Å². The molecule has 0 saturated heterocycles. The van der Waals surface area contributed by atoms with Crippen LogP contribution in [0, 0.1) is 0 Å². The SMILES string of the molecule is COC(=O)c1c[nH]c(=O)c(C(CC(N)=O)c2ccc(OCCc3ccc4c(c3)CCO4)cc2)c1O. The molecule has 0 saturated carbocycles. The van der Waals surface area contributed by atoms with Crippen LogP contribution < -0.4 is 20.8 Å². The summed E-state index contributed by atoms with van der Waals surface area (Å²) < 4.78 is 16.0. The molecule has 2 heterocycles. The first-order chi connectivity index (χ1) is 16.9. The molecule has 9 heteroatoms. The van der Waals surface area contributed by atoms with Crippen LogP contribution in [0.25, 0.3) is 0 Å². The largest absolute Gasteiger partial charge is 0.506 e. The van der Waals surface area contributed by atoms with Gasteiger partial charge in [0.1, 0.15) is 22.8 Å². The number of H-pyrrole nitrogens is 1. The lowest BCUT2D eigenvalue weighted by molar-refractivity contribution is -0.118. The first kappa shape index (κ1) is 23.9. The number of ether oxygens (including phenoxy) is 3. The van der Waals surface area contributed by atoms with Gasteiger partial charge in [0.15, 0.2) is 0 Å². The van der Waals surface area contributed by atoms with Gasteiger partial charge < -0.3 is 30.0 Å². The fourth-order valence-electron chi connectivity index (χ4n) is 4.19. The number of aromatic hydroxyl groups is 1. The van der Waals surface area contributed by atoms with Crippen LogP contribution >= 0.6 is 0 Å². The number of esters is 1. The van der Waals surface area contributed by atoms with Gasteiger partial charge in [-0.15, -0.1) is 0 Å². The number of carbonyl (C=O) groups excluding carboxylic acids is 2. The summed E-state index contributed by atoms with van der Waals surface area (Å²) in [5.41, 5.74) is 7.35. The number of pyridine rings is 1. The van der Waals surface area contributed by atoms with E-state index in [-0.39, 0.29) is 17.5 Å². The summed E-state index contributed by atoms with van der Waals surface area (Å²) in [6.45, 7) is 1.18. The predicted octanol–water partition coefficient (Wildman–Crippen LogP) is 2.43. The number of primary amides is 1. The number of aromatic amines is 1. The maximum absolute atomic E-state index is 12.6. The first-order valence-corrected chi connectivity index (χ1v) is 11.2. The van der Waals surface area contributed by atoms with E-state index in [0.717, 1.165) is 44.1 Å². The molecule has 1 atom stereocenters. The molecule has 3 aromatic rings. The van der Waals surface area contributed by atoms with Gasteiger partial charge in [-0.25, -0.2) is 4.79 Å². The van der Waals surface area contributed by atoms with E-state index in [1.807, 2.05) is 12.1 Å². The second-order valence-corrected chi connectivity index (χ2v) is 8.22. The van der Waals surface area contributed by atoms with Crippen molar-refractivity contribution in [3.8, 4) is 17.2 Å². The third kappa shape index (κ3) is 5.29. The molecule has 0 radical (unpaired) electrons. The Morgan fingerprint density at radius 3 is 2.69 bits per heavy atom.